The fourth-order valence-corrected chi connectivity index (χ4v) is 2.13. The van der Waals surface area contributed by atoms with Gasteiger partial charge in [-0.1, -0.05) is 30.3 Å². The van der Waals surface area contributed by atoms with Crippen LogP contribution in [-0.2, 0) is 0 Å². The molecule has 0 aliphatic carbocycles. The van der Waals surface area contributed by atoms with Gasteiger partial charge < -0.3 is 10.6 Å². The lowest BCUT2D eigenvalue weighted by Crippen LogP contribution is -2.29. The Kier molecular flexibility index (Phi) is 3.63. The molecule has 0 saturated carbocycles. The van der Waals surface area contributed by atoms with E-state index in [1.165, 1.54) is 6.20 Å². The third-order valence-electron chi connectivity index (χ3n) is 3.25. The third-order valence-corrected chi connectivity index (χ3v) is 3.25. The van der Waals surface area contributed by atoms with E-state index in [4.69, 9.17) is 16.4 Å². The summed E-state index contributed by atoms with van der Waals surface area (Å²) < 4.78 is 6.25. The third kappa shape index (κ3) is 2.57. The van der Waals surface area contributed by atoms with Crippen LogP contribution in [0.5, 0.6) is 5.75 Å². The zero-order chi connectivity index (χ0) is 15.5. The standard InChI is InChI=1S/C8H7N3O.C7H8N2O/c9-11-7-4-2-1-3-6(7)5-10-8(11)12;8-9-5-10-7-4-2-1-3-6(7)9/h1-5H,9H2;1-4H,5,8H2. The number of para-hydroxylation sites is 3. The van der Waals surface area contributed by atoms with E-state index >= 15 is 0 Å². The number of hydrazine groups is 1. The Bertz CT molecular complexity index is 862. The quantitative estimate of drug-likeness (QED) is 0.596. The number of hydrogen-bond donors (Lipinski definition) is 2. The number of nitrogen functional groups attached to an aromatic ring is 1. The number of nitrogens with two attached hydrogens (primary N) is 2. The summed E-state index contributed by atoms with van der Waals surface area (Å²) in [5, 5.41) is 2.44. The molecule has 0 unspecified atom stereocenters. The maximum absolute atomic E-state index is 11.0. The SMILES string of the molecule is NN1COc2ccccc21.Nn1c(=O)ncc2ccccc21. The van der Waals surface area contributed by atoms with Gasteiger partial charge >= 0.3 is 5.69 Å². The van der Waals surface area contributed by atoms with Crippen LogP contribution in [0.2, 0.25) is 0 Å². The molecule has 0 bridgehead atoms. The minimum atomic E-state index is -0.436. The van der Waals surface area contributed by atoms with Crippen molar-refractivity contribution in [2.45, 2.75) is 0 Å². The monoisotopic (exact) mass is 297 g/mol. The summed E-state index contributed by atoms with van der Waals surface area (Å²) in [4.78, 5) is 14.5. The molecule has 0 atom stereocenters. The van der Waals surface area contributed by atoms with Gasteiger partial charge in [-0.2, -0.15) is 4.98 Å². The van der Waals surface area contributed by atoms with Crippen molar-refractivity contribution in [3.63, 3.8) is 0 Å². The highest BCUT2D eigenvalue weighted by molar-refractivity contribution is 5.77. The van der Waals surface area contributed by atoms with Gasteiger partial charge in [-0.25, -0.2) is 15.3 Å². The zero-order valence-electron chi connectivity index (χ0n) is 11.7. The first kappa shape index (κ1) is 13.9. The fraction of sp³-hybridized carbons (Fsp3) is 0.0667. The molecule has 4 rings (SSSR count). The number of rotatable bonds is 0. The number of ether oxygens (including phenoxy) is 1. The lowest BCUT2D eigenvalue weighted by atomic mass is 10.2. The van der Waals surface area contributed by atoms with Crippen LogP contribution < -0.4 is 27.1 Å². The van der Waals surface area contributed by atoms with Gasteiger partial charge in [0.25, 0.3) is 0 Å². The van der Waals surface area contributed by atoms with Gasteiger partial charge in [0, 0.05) is 11.6 Å². The van der Waals surface area contributed by atoms with E-state index in [-0.39, 0.29) is 0 Å². The van der Waals surface area contributed by atoms with Crippen molar-refractivity contribution in [2.75, 3.05) is 17.6 Å². The topological polar surface area (TPSA) is 99.4 Å². The first-order chi connectivity index (χ1) is 10.7. The molecule has 7 heteroatoms. The summed E-state index contributed by atoms with van der Waals surface area (Å²) in [7, 11) is 0. The van der Waals surface area contributed by atoms with Gasteiger partial charge in [-0.3, -0.25) is 5.01 Å². The maximum Gasteiger partial charge on any atom is 0.366 e. The predicted molar refractivity (Wildman–Crippen MR) is 84.8 cm³/mol. The van der Waals surface area contributed by atoms with Gasteiger partial charge in [0.1, 0.15) is 5.75 Å². The molecular formula is C15H15N5O2. The summed E-state index contributed by atoms with van der Waals surface area (Å²) in [6.45, 7) is 0.458. The Morgan fingerprint density at radius 1 is 1.05 bits per heavy atom. The lowest BCUT2D eigenvalue weighted by Gasteiger charge is -2.05. The molecule has 2 heterocycles. The van der Waals surface area contributed by atoms with E-state index in [0.717, 1.165) is 21.5 Å². The fourth-order valence-electron chi connectivity index (χ4n) is 2.13. The average Bonchev–Trinajstić information content (AvgIpc) is 2.94. The smallest absolute Gasteiger partial charge is 0.366 e. The van der Waals surface area contributed by atoms with Gasteiger partial charge in [0.15, 0.2) is 6.73 Å². The van der Waals surface area contributed by atoms with Crippen molar-refractivity contribution in [1.82, 2.24) is 9.66 Å². The number of benzene rings is 2. The maximum atomic E-state index is 11.0. The summed E-state index contributed by atoms with van der Waals surface area (Å²) in [6.07, 6.45) is 1.51. The Hall–Kier alpha value is -3.06. The molecule has 0 amide bonds. The molecule has 2 aromatic carbocycles. The molecule has 112 valence electrons. The second-order valence-electron chi connectivity index (χ2n) is 4.68. The van der Waals surface area contributed by atoms with Crippen molar-refractivity contribution >= 4 is 16.6 Å². The van der Waals surface area contributed by atoms with Crippen molar-refractivity contribution < 1.29 is 4.74 Å². The van der Waals surface area contributed by atoms with Gasteiger partial charge in [-0.15, -0.1) is 0 Å². The normalized spacial score (nSPS) is 12.3. The Balaban J connectivity index is 0.000000133. The van der Waals surface area contributed by atoms with Crippen LogP contribution >= 0.6 is 0 Å². The van der Waals surface area contributed by atoms with Crippen molar-refractivity contribution in [3.05, 3.63) is 65.2 Å². The van der Waals surface area contributed by atoms with Gasteiger partial charge in [-0.05, 0) is 18.2 Å². The van der Waals surface area contributed by atoms with Crippen LogP contribution in [0.4, 0.5) is 5.69 Å². The summed E-state index contributed by atoms with van der Waals surface area (Å²) >= 11 is 0. The van der Waals surface area contributed by atoms with E-state index < -0.39 is 5.69 Å². The van der Waals surface area contributed by atoms with Crippen LogP contribution in [0.15, 0.2) is 59.5 Å². The van der Waals surface area contributed by atoms with Crippen LogP contribution in [0.1, 0.15) is 0 Å². The molecule has 0 spiro atoms. The molecule has 1 aliphatic heterocycles. The first-order valence-electron chi connectivity index (χ1n) is 6.63. The Morgan fingerprint density at radius 3 is 2.59 bits per heavy atom. The second-order valence-corrected chi connectivity index (χ2v) is 4.68. The number of anilines is 1. The Labute approximate surface area is 126 Å². The van der Waals surface area contributed by atoms with Gasteiger partial charge in [0.05, 0.1) is 11.2 Å². The number of fused-ring (bicyclic) bond motifs is 2. The molecule has 22 heavy (non-hydrogen) atoms. The predicted octanol–water partition coefficient (Wildman–Crippen LogP) is 0.827. The molecule has 7 nitrogen and oxygen atoms in total. The van der Waals surface area contributed by atoms with E-state index in [1.807, 2.05) is 42.5 Å². The molecule has 1 aromatic heterocycles. The molecule has 0 radical (unpaired) electrons. The average molecular weight is 297 g/mol. The molecule has 1 aliphatic rings. The van der Waals surface area contributed by atoms with Crippen molar-refractivity contribution in [1.29, 1.82) is 0 Å². The number of aromatic nitrogens is 2. The minimum absolute atomic E-state index is 0.436. The molecular weight excluding hydrogens is 282 g/mol. The molecule has 4 N–H and O–H groups in total. The van der Waals surface area contributed by atoms with Crippen molar-refractivity contribution in [2.24, 2.45) is 5.84 Å². The second kappa shape index (κ2) is 5.74. The first-order valence-corrected chi connectivity index (χ1v) is 6.63. The lowest BCUT2D eigenvalue weighted by molar-refractivity contribution is 0.348. The van der Waals surface area contributed by atoms with Crippen LogP contribution in [0.3, 0.4) is 0 Å². The number of nitrogens with zero attached hydrogens (tertiary/aromatic N) is 3. The summed E-state index contributed by atoms with van der Waals surface area (Å²) in [6, 6.07) is 15.0. The molecule has 0 saturated heterocycles. The minimum Gasteiger partial charge on any atom is -0.470 e. The highest BCUT2D eigenvalue weighted by Gasteiger charge is 2.15. The molecule has 3 aromatic rings. The van der Waals surface area contributed by atoms with E-state index in [0.29, 0.717) is 12.2 Å². The van der Waals surface area contributed by atoms with Crippen molar-refractivity contribution in [3.8, 4) is 5.75 Å². The van der Waals surface area contributed by atoms with Gasteiger partial charge in [0.2, 0.25) is 0 Å². The van der Waals surface area contributed by atoms with Crippen LogP contribution in [0, 0.1) is 0 Å². The summed E-state index contributed by atoms with van der Waals surface area (Å²) in [5.74, 6) is 11.9. The van der Waals surface area contributed by atoms with E-state index in [1.54, 1.807) is 11.1 Å². The Morgan fingerprint density at radius 2 is 1.77 bits per heavy atom. The zero-order valence-corrected chi connectivity index (χ0v) is 11.7. The summed E-state index contributed by atoms with van der Waals surface area (Å²) in [5.41, 5.74) is 1.22. The highest BCUT2D eigenvalue weighted by atomic mass is 16.5. The van der Waals surface area contributed by atoms with E-state index in [9.17, 15) is 4.79 Å². The van der Waals surface area contributed by atoms with Crippen LogP contribution in [-0.4, -0.2) is 16.4 Å². The largest absolute Gasteiger partial charge is 0.470 e. The number of hydrogen-bond acceptors (Lipinski definition) is 6. The van der Waals surface area contributed by atoms with Crippen LogP contribution in [0.25, 0.3) is 10.9 Å². The van der Waals surface area contributed by atoms with E-state index in [2.05, 4.69) is 4.98 Å². The highest BCUT2D eigenvalue weighted by Crippen LogP contribution is 2.30. The molecule has 0 fully saturated rings.